The summed E-state index contributed by atoms with van der Waals surface area (Å²) in [4.78, 5) is 0. The second kappa shape index (κ2) is 5.71. The number of halogens is 3. The molecule has 2 atom stereocenters. The lowest BCUT2D eigenvalue weighted by molar-refractivity contribution is -0.137. The molecule has 0 aliphatic heterocycles. The van der Waals surface area contributed by atoms with E-state index in [1.807, 2.05) is 0 Å². The third-order valence-electron chi connectivity index (χ3n) is 3.53. The van der Waals surface area contributed by atoms with Gasteiger partial charge in [0.1, 0.15) is 0 Å². The van der Waals surface area contributed by atoms with E-state index in [0.717, 1.165) is 18.9 Å². The monoisotopic (exact) mass is 284 g/mol. The lowest BCUT2D eigenvalue weighted by Gasteiger charge is -2.19. The SMILES string of the molecule is COC1CCC(Nc2ccc(C#N)cc2C(F)(F)F)C1. The van der Waals surface area contributed by atoms with Crippen LogP contribution in [0.1, 0.15) is 30.4 Å². The van der Waals surface area contributed by atoms with Gasteiger partial charge in [0.25, 0.3) is 0 Å². The first-order valence-corrected chi connectivity index (χ1v) is 6.34. The summed E-state index contributed by atoms with van der Waals surface area (Å²) >= 11 is 0. The second-order valence-corrected chi connectivity index (χ2v) is 4.88. The van der Waals surface area contributed by atoms with E-state index in [0.29, 0.717) is 6.42 Å². The van der Waals surface area contributed by atoms with Gasteiger partial charge in [-0.3, -0.25) is 0 Å². The standard InChI is InChI=1S/C14H15F3N2O/c1-20-11-4-3-10(7-11)19-13-5-2-9(8-18)6-12(13)14(15,16)17/h2,5-6,10-11,19H,3-4,7H2,1H3. The molecule has 0 heterocycles. The minimum absolute atomic E-state index is 0.00376. The fourth-order valence-corrected chi connectivity index (χ4v) is 2.48. The molecule has 0 saturated heterocycles. The zero-order chi connectivity index (χ0) is 14.8. The highest BCUT2D eigenvalue weighted by Crippen LogP contribution is 2.37. The average molecular weight is 284 g/mol. The summed E-state index contributed by atoms with van der Waals surface area (Å²) in [6.07, 6.45) is -2.08. The summed E-state index contributed by atoms with van der Waals surface area (Å²) in [6, 6.07) is 5.29. The fraction of sp³-hybridized carbons (Fsp3) is 0.500. The third-order valence-corrected chi connectivity index (χ3v) is 3.53. The van der Waals surface area contributed by atoms with E-state index >= 15 is 0 Å². The molecule has 1 fully saturated rings. The first-order valence-electron chi connectivity index (χ1n) is 6.34. The molecular formula is C14H15F3N2O. The first-order chi connectivity index (χ1) is 9.44. The van der Waals surface area contributed by atoms with Gasteiger partial charge >= 0.3 is 6.18 Å². The molecule has 20 heavy (non-hydrogen) atoms. The maximum Gasteiger partial charge on any atom is 0.418 e. The van der Waals surface area contributed by atoms with Crippen molar-refractivity contribution in [3.8, 4) is 6.07 Å². The van der Waals surface area contributed by atoms with Crippen LogP contribution in [0.25, 0.3) is 0 Å². The summed E-state index contributed by atoms with van der Waals surface area (Å²) in [5.74, 6) is 0. The molecule has 3 nitrogen and oxygen atoms in total. The van der Waals surface area contributed by atoms with Gasteiger partial charge in [-0.1, -0.05) is 0 Å². The number of hydrogen-bond donors (Lipinski definition) is 1. The number of ether oxygens (including phenoxy) is 1. The van der Waals surface area contributed by atoms with Crippen molar-refractivity contribution in [3.63, 3.8) is 0 Å². The van der Waals surface area contributed by atoms with Crippen LogP contribution >= 0.6 is 0 Å². The molecule has 0 radical (unpaired) electrons. The molecule has 6 heteroatoms. The van der Waals surface area contributed by atoms with Gasteiger partial charge < -0.3 is 10.1 Å². The first kappa shape index (κ1) is 14.7. The van der Waals surface area contributed by atoms with Crippen molar-refractivity contribution in [3.05, 3.63) is 29.3 Å². The van der Waals surface area contributed by atoms with Gasteiger partial charge in [0.05, 0.1) is 23.3 Å². The molecule has 1 aliphatic carbocycles. The molecule has 1 saturated carbocycles. The highest BCUT2D eigenvalue weighted by atomic mass is 19.4. The molecule has 1 aromatic carbocycles. The van der Waals surface area contributed by atoms with Crippen molar-refractivity contribution in [2.75, 3.05) is 12.4 Å². The number of methoxy groups -OCH3 is 1. The molecule has 0 bridgehead atoms. The third kappa shape index (κ3) is 3.23. The molecule has 2 rings (SSSR count). The Bertz CT molecular complexity index is 522. The zero-order valence-electron chi connectivity index (χ0n) is 11.0. The Hall–Kier alpha value is -1.74. The van der Waals surface area contributed by atoms with Gasteiger partial charge in [-0.25, -0.2) is 0 Å². The Morgan fingerprint density at radius 3 is 2.65 bits per heavy atom. The van der Waals surface area contributed by atoms with E-state index in [2.05, 4.69) is 5.32 Å². The van der Waals surface area contributed by atoms with Crippen LogP contribution in [0.3, 0.4) is 0 Å². The van der Waals surface area contributed by atoms with Crippen molar-refractivity contribution in [1.29, 1.82) is 5.26 Å². The van der Waals surface area contributed by atoms with Crippen LogP contribution in [0.15, 0.2) is 18.2 Å². The van der Waals surface area contributed by atoms with E-state index < -0.39 is 11.7 Å². The van der Waals surface area contributed by atoms with Gasteiger partial charge in [-0.05, 0) is 37.5 Å². The number of nitriles is 1. The zero-order valence-corrected chi connectivity index (χ0v) is 11.0. The Labute approximate surface area is 115 Å². The Balaban J connectivity index is 2.21. The van der Waals surface area contributed by atoms with Gasteiger partial charge in [-0.2, -0.15) is 18.4 Å². The van der Waals surface area contributed by atoms with Crippen molar-refractivity contribution in [2.45, 2.75) is 37.6 Å². The van der Waals surface area contributed by atoms with Crippen molar-refractivity contribution >= 4 is 5.69 Å². The van der Waals surface area contributed by atoms with Crippen LogP contribution in [0.4, 0.5) is 18.9 Å². The lowest BCUT2D eigenvalue weighted by Crippen LogP contribution is -2.20. The van der Waals surface area contributed by atoms with E-state index in [1.54, 1.807) is 13.2 Å². The van der Waals surface area contributed by atoms with Crippen LogP contribution < -0.4 is 5.32 Å². The predicted octanol–water partition coefficient (Wildman–Crippen LogP) is 3.56. The van der Waals surface area contributed by atoms with Crippen LogP contribution in [-0.4, -0.2) is 19.3 Å². The molecule has 1 aliphatic rings. The Morgan fingerprint density at radius 2 is 2.10 bits per heavy atom. The smallest absolute Gasteiger partial charge is 0.382 e. The van der Waals surface area contributed by atoms with Gasteiger partial charge in [0.15, 0.2) is 0 Å². The maximum absolute atomic E-state index is 13.0. The number of benzene rings is 1. The molecule has 1 aromatic rings. The highest BCUT2D eigenvalue weighted by molar-refractivity contribution is 5.56. The van der Waals surface area contributed by atoms with Crippen LogP contribution in [0.5, 0.6) is 0 Å². The van der Waals surface area contributed by atoms with Crippen LogP contribution in [-0.2, 0) is 10.9 Å². The summed E-state index contributed by atoms with van der Waals surface area (Å²) in [6.45, 7) is 0. The van der Waals surface area contributed by atoms with E-state index in [-0.39, 0.29) is 23.4 Å². The number of alkyl halides is 3. The average Bonchev–Trinajstić information content (AvgIpc) is 2.85. The molecular weight excluding hydrogens is 269 g/mol. The van der Waals surface area contributed by atoms with Crippen molar-refractivity contribution in [1.82, 2.24) is 0 Å². The molecule has 0 amide bonds. The number of rotatable bonds is 3. The van der Waals surface area contributed by atoms with E-state index in [1.165, 1.54) is 12.1 Å². The number of anilines is 1. The predicted molar refractivity (Wildman–Crippen MR) is 68.2 cm³/mol. The molecule has 1 N–H and O–H groups in total. The summed E-state index contributed by atoms with van der Waals surface area (Å²) < 4.78 is 44.2. The largest absolute Gasteiger partial charge is 0.418 e. The number of nitrogens with one attached hydrogen (secondary N) is 1. The summed E-state index contributed by atoms with van der Waals surface area (Å²) in [7, 11) is 1.61. The van der Waals surface area contributed by atoms with E-state index in [9.17, 15) is 13.2 Å². The van der Waals surface area contributed by atoms with Crippen LogP contribution in [0.2, 0.25) is 0 Å². The second-order valence-electron chi connectivity index (χ2n) is 4.88. The summed E-state index contributed by atoms with van der Waals surface area (Å²) in [5, 5.41) is 11.6. The Morgan fingerprint density at radius 1 is 1.35 bits per heavy atom. The van der Waals surface area contributed by atoms with Gasteiger partial charge in [-0.15, -0.1) is 0 Å². The molecule has 0 spiro atoms. The number of nitrogens with zero attached hydrogens (tertiary/aromatic N) is 1. The normalized spacial score (nSPS) is 22.6. The van der Waals surface area contributed by atoms with Crippen LogP contribution in [0, 0.1) is 11.3 Å². The number of hydrogen-bond acceptors (Lipinski definition) is 3. The highest BCUT2D eigenvalue weighted by Gasteiger charge is 2.35. The molecule has 108 valence electrons. The van der Waals surface area contributed by atoms with E-state index in [4.69, 9.17) is 10.00 Å². The molecule has 0 aromatic heterocycles. The topological polar surface area (TPSA) is 45.0 Å². The maximum atomic E-state index is 13.0. The van der Waals surface area contributed by atoms with Gasteiger partial charge in [0, 0.05) is 18.8 Å². The fourth-order valence-electron chi connectivity index (χ4n) is 2.48. The minimum atomic E-state index is -4.48. The lowest BCUT2D eigenvalue weighted by atomic mass is 10.1. The Kier molecular flexibility index (Phi) is 4.19. The van der Waals surface area contributed by atoms with Crippen molar-refractivity contribution in [2.24, 2.45) is 0 Å². The molecule has 2 unspecified atom stereocenters. The van der Waals surface area contributed by atoms with Crippen molar-refractivity contribution < 1.29 is 17.9 Å². The minimum Gasteiger partial charge on any atom is -0.382 e. The van der Waals surface area contributed by atoms with Gasteiger partial charge in [0.2, 0.25) is 0 Å². The summed E-state index contributed by atoms with van der Waals surface area (Å²) in [5.41, 5.74) is -0.764. The quantitative estimate of drug-likeness (QED) is 0.923.